The third-order valence-corrected chi connectivity index (χ3v) is 4.29. The molecule has 0 saturated heterocycles. The van der Waals surface area contributed by atoms with Crippen LogP contribution in [0.4, 0.5) is 0 Å². The quantitative estimate of drug-likeness (QED) is 0.729. The second-order valence-electron chi connectivity index (χ2n) is 7.77. The lowest BCUT2D eigenvalue weighted by Crippen LogP contribution is -2.40. The van der Waals surface area contributed by atoms with Crippen LogP contribution in [-0.2, 0) is 0 Å². The van der Waals surface area contributed by atoms with Gasteiger partial charge in [0.1, 0.15) is 5.69 Å². The molecule has 0 atom stereocenters. The topological polar surface area (TPSA) is 71.0 Å². The van der Waals surface area contributed by atoms with Crippen molar-refractivity contribution in [2.24, 2.45) is 5.41 Å². The largest absolute Gasteiger partial charge is 0.350 e. The average molecular weight is 363 g/mol. The molecule has 6 heteroatoms. The van der Waals surface area contributed by atoms with E-state index in [0.717, 1.165) is 28.6 Å². The molecule has 3 aromatic rings. The van der Waals surface area contributed by atoms with E-state index in [0.29, 0.717) is 12.2 Å². The summed E-state index contributed by atoms with van der Waals surface area (Å²) in [4.78, 5) is 27.8. The van der Waals surface area contributed by atoms with E-state index >= 15 is 0 Å². The molecule has 3 heterocycles. The van der Waals surface area contributed by atoms with Crippen molar-refractivity contribution >= 4 is 16.8 Å². The van der Waals surface area contributed by atoms with Gasteiger partial charge < -0.3 is 10.2 Å². The molecule has 1 N–H and O–H groups in total. The maximum Gasteiger partial charge on any atom is 0.269 e. The Morgan fingerprint density at radius 3 is 2.63 bits per heavy atom. The van der Waals surface area contributed by atoms with Gasteiger partial charge in [-0.25, -0.2) is 4.98 Å². The first-order valence-corrected chi connectivity index (χ1v) is 8.94. The fourth-order valence-electron chi connectivity index (χ4n) is 3.27. The summed E-state index contributed by atoms with van der Waals surface area (Å²) in [5.74, 6) is -0.175. The summed E-state index contributed by atoms with van der Waals surface area (Å²) in [6, 6.07) is 7.48. The van der Waals surface area contributed by atoms with Gasteiger partial charge in [0.05, 0.1) is 5.52 Å². The summed E-state index contributed by atoms with van der Waals surface area (Å²) in [5, 5.41) is 3.93. The summed E-state index contributed by atoms with van der Waals surface area (Å²) < 4.78 is 0. The van der Waals surface area contributed by atoms with Crippen LogP contribution >= 0.6 is 0 Å². The molecule has 0 radical (unpaired) electrons. The van der Waals surface area contributed by atoms with Gasteiger partial charge in [-0.15, -0.1) is 0 Å². The van der Waals surface area contributed by atoms with Gasteiger partial charge in [0, 0.05) is 48.8 Å². The third-order valence-electron chi connectivity index (χ3n) is 4.29. The van der Waals surface area contributed by atoms with Crippen LogP contribution in [0, 0.1) is 5.41 Å². The van der Waals surface area contributed by atoms with E-state index in [2.05, 4.69) is 39.0 Å². The zero-order valence-electron chi connectivity index (χ0n) is 16.2. The number of amides is 1. The van der Waals surface area contributed by atoms with Crippen LogP contribution in [-0.4, -0.2) is 52.9 Å². The molecular weight excluding hydrogens is 338 g/mol. The number of nitrogens with one attached hydrogen (secondary N) is 1. The summed E-state index contributed by atoms with van der Waals surface area (Å²) in [5.41, 5.74) is 2.93. The number of pyridine rings is 3. The van der Waals surface area contributed by atoms with E-state index in [1.54, 1.807) is 24.8 Å². The van der Waals surface area contributed by atoms with Crippen LogP contribution in [0.15, 0.2) is 49.1 Å². The molecule has 0 spiro atoms. The summed E-state index contributed by atoms with van der Waals surface area (Å²) in [6.07, 6.45) is 6.96. The molecule has 0 bridgehead atoms. The van der Waals surface area contributed by atoms with Gasteiger partial charge in [-0.2, -0.15) is 0 Å². The molecule has 1 amide bonds. The highest BCUT2D eigenvalue weighted by Crippen LogP contribution is 2.27. The lowest BCUT2D eigenvalue weighted by Gasteiger charge is -2.28. The normalized spacial score (nSPS) is 11.7. The molecule has 0 saturated carbocycles. The van der Waals surface area contributed by atoms with Crippen LogP contribution in [0.2, 0.25) is 0 Å². The Labute approximate surface area is 159 Å². The molecule has 0 aliphatic carbocycles. The minimum Gasteiger partial charge on any atom is -0.350 e. The van der Waals surface area contributed by atoms with Crippen molar-refractivity contribution in [3.63, 3.8) is 0 Å². The van der Waals surface area contributed by atoms with Gasteiger partial charge in [0.25, 0.3) is 5.91 Å². The number of hydrogen-bond acceptors (Lipinski definition) is 5. The molecule has 0 fully saturated rings. The minimum absolute atomic E-state index is 0.0356. The molecule has 3 aromatic heterocycles. The number of fused-ring (bicyclic) bond motifs is 1. The molecule has 0 aliphatic rings. The van der Waals surface area contributed by atoms with Crippen LogP contribution in [0.1, 0.15) is 24.3 Å². The van der Waals surface area contributed by atoms with Crippen molar-refractivity contribution < 1.29 is 4.79 Å². The Bertz CT molecular complexity index is 938. The van der Waals surface area contributed by atoms with E-state index in [1.165, 1.54) is 0 Å². The first kappa shape index (κ1) is 18.9. The van der Waals surface area contributed by atoms with Crippen LogP contribution in [0.5, 0.6) is 0 Å². The predicted octanol–water partition coefficient (Wildman–Crippen LogP) is 3.01. The van der Waals surface area contributed by atoms with Crippen LogP contribution in [0.25, 0.3) is 22.0 Å². The van der Waals surface area contributed by atoms with E-state index in [9.17, 15) is 4.79 Å². The Morgan fingerprint density at radius 2 is 1.93 bits per heavy atom. The van der Waals surface area contributed by atoms with Crippen molar-refractivity contribution in [2.45, 2.75) is 13.8 Å². The molecule has 27 heavy (non-hydrogen) atoms. The van der Waals surface area contributed by atoms with Crippen LogP contribution < -0.4 is 5.32 Å². The first-order chi connectivity index (χ1) is 12.9. The molecule has 0 unspecified atom stereocenters. The summed E-state index contributed by atoms with van der Waals surface area (Å²) >= 11 is 0. The average Bonchev–Trinajstić information content (AvgIpc) is 2.65. The second-order valence-corrected chi connectivity index (χ2v) is 7.77. The Balaban J connectivity index is 1.92. The van der Waals surface area contributed by atoms with Crippen molar-refractivity contribution in [2.75, 3.05) is 27.2 Å². The first-order valence-electron chi connectivity index (χ1n) is 8.94. The highest BCUT2D eigenvalue weighted by Gasteiger charge is 2.21. The highest BCUT2D eigenvalue weighted by molar-refractivity contribution is 6.00. The number of rotatable bonds is 6. The Morgan fingerprint density at radius 1 is 1.15 bits per heavy atom. The summed E-state index contributed by atoms with van der Waals surface area (Å²) in [7, 11) is 4.06. The fourth-order valence-corrected chi connectivity index (χ4v) is 3.27. The number of carbonyl (C=O) groups is 1. The number of nitrogens with zero attached hydrogens (tertiary/aromatic N) is 4. The molecule has 0 aromatic carbocycles. The lowest BCUT2D eigenvalue weighted by molar-refractivity contribution is 0.0924. The molecule has 0 aliphatic heterocycles. The van der Waals surface area contributed by atoms with E-state index in [4.69, 9.17) is 0 Å². The monoisotopic (exact) mass is 363 g/mol. The number of carbonyl (C=O) groups excluding carboxylic acids is 1. The van der Waals surface area contributed by atoms with E-state index < -0.39 is 0 Å². The number of hydrogen-bond donors (Lipinski definition) is 1. The molecular formula is C21H25N5O. The zero-order valence-corrected chi connectivity index (χ0v) is 16.2. The smallest absolute Gasteiger partial charge is 0.269 e. The highest BCUT2D eigenvalue weighted by atomic mass is 16.1. The third kappa shape index (κ3) is 4.65. The Kier molecular flexibility index (Phi) is 5.46. The van der Waals surface area contributed by atoms with E-state index in [-0.39, 0.29) is 11.3 Å². The lowest BCUT2D eigenvalue weighted by atomic mass is 9.93. The van der Waals surface area contributed by atoms with Gasteiger partial charge in [0.2, 0.25) is 0 Å². The maximum absolute atomic E-state index is 12.8. The maximum atomic E-state index is 12.8. The minimum atomic E-state index is -0.175. The molecule has 3 rings (SSSR count). The molecule has 140 valence electrons. The van der Waals surface area contributed by atoms with Crippen LogP contribution in [0.3, 0.4) is 0 Å². The van der Waals surface area contributed by atoms with Gasteiger partial charge in [-0.1, -0.05) is 19.9 Å². The van der Waals surface area contributed by atoms with Crippen molar-refractivity contribution in [1.29, 1.82) is 0 Å². The predicted molar refractivity (Wildman–Crippen MR) is 107 cm³/mol. The number of aromatic nitrogens is 3. The zero-order chi connectivity index (χ0) is 19.4. The van der Waals surface area contributed by atoms with Crippen molar-refractivity contribution in [3.05, 3.63) is 54.7 Å². The van der Waals surface area contributed by atoms with E-state index in [1.807, 2.05) is 38.4 Å². The fraction of sp³-hybridized carbons (Fsp3) is 0.333. The SMILES string of the molecule is CN(C)CC(C)(C)CNC(=O)c1cc(-c2cccnc2)c2cnccc2n1. The van der Waals surface area contributed by atoms with Gasteiger partial charge in [-0.3, -0.25) is 14.8 Å². The van der Waals surface area contributed by atoms with Crippen molar-refractivity contribution in [1.82, 2.24) is 25.2 Å². The standard InChI is InChI=1S/C21H25N5O/c1-21(2,14-26(3)4)13-24-20(27)19-10-16(15-6-5-8-22-11-15)17-12-23-9-7-18(17)25-19/h5-12H,13-14H2,1-4H3,(H,24,27). The van der Waals surface area contributed by atoms with Gasteiger partial charge in [-0.05, 0) is 43.3 Å². The summed E-state index contributed by atoms with van der Waals surface area (Å²) in [6.45, 7) is 5.72. The second kappa shape index (κ2) is 7.80. The van der Waals surface area contributed by atoms with Gasteiger partial charge in [0.15, 0.2) is 0 Å². The van der Waals surface area contributed by atoms with Crippen molar-refractivity contribution in [3.8, 4) is 11.1 Å². The Hall–Kier alpha value is -2.86. The molecule has 6 nitrogen and oxygen atoms in total. The van der Waals surface area contributed by atoms with Gasteiger partial charge >= 0.3 is 0 Å².